The molecule has 0 bridgehead atoms. The van der Waals surface area contributed by atoms with Crippen molar-refractivity contribution in [1.82, 2.24) is 15.5 Å². The number of oxime groups is 1. The maximum atomic E-state index is 13.1. The predicted molar refractivity (Wildman–Crippen MR) is 113 cm³/mol. The van der Waals surface area contributed by atoms with Gasteiger partial charge in [-0.15, -0.1) is 0 Å². The average Bonchev–Trinajstić information content (AvgIpc) is 3.11. The van der Waals surface area contributed by atoms with Crippen molar-refractivity contribution in [2.24, 2.45) is 9.52 Å². The molecule has 4 rings (SSSR count). The number of nitrogens with one attached hydrogen (secondary N) is 1. The van der Waals surface area contributed by atoms with Gasteiger partial charge in [0.25, 0.3) is 11.8 Å². The largest absolute Gasteiger partial charge is 0.379 e. The SMILES string of the molecule is CC1=NOC(C)(C(=O)NC2CCOC3(CCS(=O)(=NC(=O)c4ccnnc4)CC3)C2)C1. The number of amides is 2. The summed E-state index contributed by atoms with van der Waals surface area (Å²) in [6.45, 7) is 4.09. The van der Waals surface area contributed by atoms with E-state index in [4.69, 9.17) is 9.57 Å². The number of hydrogen-bond acceptors (Lipinski definition) is 8. The summed E-state index contributed by atoms with van der Waals surface area (Å²) in [5, 5.41) is 14.3. The van der Waals surface area contributed by atoms with E-state index in [0.717, 1.165) is 5.71 Å². The molecule has 2 atom stereocenters. The van der Waals surface area contributed by atoms with Crippen molar-refractivity contribution in [3.8, 4) is 0 Å². The van der Waals surface area contributed by atoms with Gasteiger partial charge in [-0.25, -0.2) is 4.21 Å². The lowest BCUT2D eigenvalue weighted by molar-refractivity contribution is -0.145. The minimum atomic E-state index is -2.66. The van der Waals surface area contributed by atoms with Crippen LogP contribution in [0.3, 0.4) is 0 Å². The van der Waals surface area contributed by atoms with Crippen molar-refractivity contribution >= 4 is 27.3 Å². The van der Waals surface area contributed by atoms with E-state index in [0.29, 0.717) is 38.7 Å². The lowest BCUT2D eigenvalue weighted by Crippen LogP contribution is -2.55. The van der Waals surface area contributed by atoms with Gasteiger partial charge in [-0.1, -0.05) is 5.16 Å². The molecule has 2 unspecified atom stereocenters. The fourth-order valence-corrected chi connectivity index (χ4v) is 6.50. The van der Waals surface area contributed by atoms with E-state index < -0.39 is 26.8 Å². The van der Waals surface area contributed by atoms with Crippen LogP contribution in [0.2, 0.25) is 0 Å². The zero-order valence-corrected chi connectivity index (χ0v) is 18.5. The highest BCUT2D eigenvalue weighted by atomic mass is 32.2. The van der Waals surface area contributed by atoms with Crippen LogP contribution in [0.25, 0.3) is 0 Å². The van der Waals surface area contributed by atoms with Crippen molar-refractivity contribution < 1.29 is 23.4 Å². The molecule has 10 nitrogen and oxygen atoms in total. The highest BCUT2D eigenvalue weighted by Gasteiger charge is 2.45. The monoisotopic (exact) mass is 449 g/mol. The molecule has 4 heterocycles. The Morgan fingerprint density at radius 3 is 2.71 bits per heavy atom. The highest BCUT2D eigenvalue weighted by molar-refractivity contribution is 7.93. The first-order valence-electron chi connectivity index (χ1n) is 10.4. The number of ether oxygens (including phenoxy) is 1. The van der Waals surface area contributed by atoms with Gasteiger partial charge in [0.2, 0.25) is 5.60 Å². The van der Waals surface area contributed by atoms with Gasteiger partial charge >= 0.3 is 0 Å². The molecule has 31 heavy (non-hydrogen) atoms. The highest BCUT2D eigenvalue weighted by Crippen LogP contribution is 2.37. The zero-order chi connectivity index (χ0) is 22.1. The molecule has 1 aromatic rings. The number of aromatic nitrogens is 2. The van der Waals surface area contributed by atoms with Crippen molar-refractivity contribution in [1.29, 1.82) is 0 Å². The topological polar surface area (TPSA) is 132 Å². The molecule has 2 saturated heterocycles. The Labute approximate surface area is 181 Å². The Morgan fingerprint density at radius 1 is 1.29 bits per heavy atom. The summed E-state index contributed by atoms with van der Waals surface area (Å²) in [6, 6.07) is 1.45. The molecule has 11 heteroatoms. The van der Waals surface area contributed by atoms with E-state index in [1.165, 1.54) is 18.5 Å². The summed E-state index contributed by atoms with van der Waals surface area (Å²) in [5.41, 5.74) is -0.365. The Balaban J connectivity index is 1.38. The van der Waals surface area contributed by atoms with Crippen LogP contribution >= 0.6 is 0 Å². The van der Waals surface area contributed by atoms with Gasteiger partial charge in [-0.05, 0) is 45.6 Å². The van der Waals surface area contributed by atoms with E-state index in [9.17, 15) is 13.8 Å². The standard InChI is InChI=1S/C20H27N5O5S/c1-14-11-19(2,30-24-14)18(27)23-16-4-8-29-20(12-16)5-9-31(28,10-6-20)25-17(26)15-3-7-21-22-13-15/h3,7,13,16H,4-6,8-12H2,1-2H3,(H,23,27). The van der Waals surface area contributed by atoms with E-state index >= 15 is 0 Å². The van der Waals surface area contributed by atoms with Crippen molar-refractivity contribution in [2.75, 3.05) is 18.1 Å². The fraction of sp³-hybridized carbons (Fsp3) is 0.650. The van der Waals surface area contributed by atoms with Gasteiger partial charge in [0.1, 0.15) is 0 Å². The summed E-state index contributed by atoms with van der Waals surface area (Å²) in [7, 11) is -2.66. The third-order valence-electron chi connectivity index (χ3n) is 6.14. The number of rotatable bonds is 3. The van der Waals surface area contributed by atoms with E-state index in [-0.39, 0.29) is 29.0 Å². The second-order valence-electron chi connectivity index (χ2n) is 8.73. The molecule has 0 aromatic carbocycles. The van der Waals surface area contributed by atoms with Gasteiger partial charge in [0.15, 0.2) is 0 Å². The number of carbonyl (C=O) groups is 2. The van der Waals surface area contributed by atoms with Crippen LogP contribution in [0, 0.1) is 0 Å². The predicted octanol–water partition coefficient (Wildman–Crippen LogP) is 1.47. The zero-order valence-electron chi connectivity index (χ0n) is 17.7. The first-order valence-corrected chi connectivity index (χ1v) is 12.3. The molecule has 2 amide bonds. The molecular formula is C20H27N5O5S. The molecular weight excluding hydrogens is 422 g/mol. The summed E-state index contributed by atoms with van der Waals surface area (Å²) in [4.78, 5) is 30.4. The maximum Gasteiger partial charge on any atom is 0.286 e. The first kappa shape index (κ1) is 21.8. The summed E-state index contributed by atoms with van der Waals surface area (Å²) in [6.07, 6.45) is 5.58. The molecule has 0 saturated carbocycles. The third-order valence-corrected chi connectivity index (χ3v) is 8.32. The molecule has 1 aromatic heterocycles. The van der Waals surface area contributed by atoms with Gasteiger partial charge < -0.3 is 14.9 Å². The second kappa shape index (κ2) is 8.27. The average molecular weight is 450 g/mol. The Morgan fingerprint density at radius 2 is 2.06 bits per heavy atom. The summed E-state index contributed by atoms with van der Waals surface area (Å²) >= 11 is 0. The first-order chi connectivity index (χ1) is 14.7. The molecule has 0 radical (unpaired) electrons. The van der Waals surface area contributed by atoms with E-state index in [1.807, 2.05) is 6.92 Å². The van der Waals surface area contributed by atoms with Crippen LogP contribution in [0.15, 0.2) is 28.0 Å². The molecule has 3 aliphatic rings. The lowest BCUT2D eigenvalue weighted by atomic mass is 9.85. The molecule has 0 aliphatic carbocycles. The Bertz CT molecular complexity index is 1010. The minimum absolute atomic E-state index is 0.0572. The van der Waals surface area contributed by atoms with Crippen LogP contribution in [0.1, 0.15) is 56.3 Å². The normalized spacial score (nSPS) is 35.2. The number of carbonyl (C=O) groups excluding carboxylic acids is 2. The second-order valence-corrected chi connectivity index (χ2v) is 11.3. The van der Waals surface area contributed by atoms with Crippen LogP contribution < -0.4 is 5.32 Å². The Kier molecular flexibility index (Phi) is 5.82. The van der Waals surface area contributed by atoms with Crippen molar-refractivity contribution in [2.45, 2.75) is 63.2 Å². The maximum absolute atomic E-state index is 13.1. The van der Waals surface area contributed by atoms with Crippen molar-refractivity contribution in [3.63, 3.8) is 0 Å². The van der Waals surface area contributed by atoms with Crippen LogP contribution in [0.5, 0.6) is 0 Å². The molecule has 1 spiro atoms. The Hall–Kier alpha value is -2.40. The lowest BCUT2D eigenvalue weighted by Gasteiger charge is -2.44. The van der Waals surface area contributed by atoms with Gasteiger partial charge in [-0.3, -0.25) is 9.59 Å². The molecule has 168 valence electrons. The van der Waals surface area contributed by atoms with Crippen LogP contribution in [0.4, 0.5) is 0 Å². The van der Waals surface area contributed by atoms with Crippen LogP contribution in [-0.4, -0.2) is 67.3 Å². The summed E-state index contributed by atoms with van der Waals surface area (Å²) < 4.78 is 23.3. The molecule has 2 fully saturated rings. The number of hydrogen-bond donors (Lipinski definition) is 1. The van der Waals surface area contributed by atoms with Gasteiger partial charge in [0, 0.05) is 30.6 Å². The quantitative estimate of drug-likeness (QED) is 0.739. The summed E-state index contributed by atoms with van der Waals surface area (Å²) in [5.74, 6) is -0.147. The van der Waals surface area contributed by atoms with Crippen LogP contribution in [-0.2, 0) is 24.1 Å². The fourth-order valence-electron chi connectivity index (χ4n) is 4.32. The van der Waals surface area contributed by atoms with Crippen molar-refractivity contribution in [3.05, 3.63) is 24.0 Å². The minimum Gasteiger partial charge on any atom is -0.379 e. The molecule has 3 aliphatic heterocycles. The van der Waals surface area contributed by atoms with E-state index in [2.05, 4.69) is 25.0 Å². The molecule has 1 N–H and O–H groups in total. The van der Waals surface area contributed by atoms with E-state index in [1.54, 1.807) is 6.92 Å². The third kappa shape index (κ3) is 4.77. The van der Waals surface area contributed by atoms with Gasteiger partial charge in [-0.2, -0.15) is 14.6 Å². The smallest absolute Gasteiger partial charge is 0.286 e. The number of nitrogens with zero attached hydrogens (tertiary/aromatic N) is 4. The van der Waals surface area contributed by atoms with Gasteiger partial charge in [0.05, 0.1) is 39.0 Å².